The van der Waals surface area contributed by atoms with Crippen molar-refractivity contribution in [2.45, 2.75) is 51.6 Å². The summed E-state index contributed by atoms with van der Waals surface area (Å²) < 4.78 is 0. The molecule has 1 aliphatic rings. The highest BCUT2D eigenvalue weighted by molar-refractivity contribution is 5.80. The lowest BCUT2D eigenvalue weighted by molar-refractivity contribution is -0.144. The number of aliphatic carboxylic acids is 1. The standard InChI is InChI=1S/C13H24N2O3/c1-4-11(13(17)18)14(3)9-12(16)15-8-6-5-7-10(15)2/h10-11H,4-9H2,1-3H3,(H,17,18). The topological polar surface area (TPSA) is 60.9 Å². The van der Waals surface area contributed by atoms with E-state index in [-0.39, 0.29) is 18.5 Å². The zero-order valence-electron chi connectivity index (χ0n) is 11.6. The van der Waals surface area contributed by atoms with Crippen molar-refractivity contribution < 1.29 is 14.7 Å². The van der Waals surface area contributed by atoms with Gasteiger partial charge in [0.15, 0.2) is 0 Å². The summed E-state index contributed by atoms with van der Waals surface area (Å²) in [5, 5.41) is 9.05. The minimum Gasteiger partial charge on any atom is -0.480 e. The minimum absolute atomic E-state index is 0.0457. The van der Waals surface area contributed by atoms with Crippen molar-refractivity contribution in [1.82, 2.24) is 9.80 Å². The maximum Gasteiger partial charge on any atom is 0.320 e. The van der Waals surface area contributed by atoms with Crippen LogP contribution in [0.5, 0.6) is 0 Å². The van der Waals surface area contributed by atoms with Gasteiger partial charge in [-0.15, -0.1) is 0 Å². The highest BCUT2D eigenvalue weighted by Gasteiger charge is 2.27. The molecule has 0 saturated carbocycles. The average molecular weight is 256 g/mol. The predicted molar refractivity (Wildman–Crippen MR) is 69.4 cm³/mol. The number of carbonyl (C=O) groups is 2. The van der Waals surface area contributed by atoms with Crippen LogP contribution in [0.15, 0.2) is 0 Å². The Hall–Kier alpha value is -1.10. The SMILES string of the molecule is CCC(C(=O)O)N(C)CC(=O)N1CCCCC1C. The highest BCUT2D eigenvalue weighted by Crippen LogP contribution is 2.17. The minimum atomic E-state index is -0.862. The monoisotopic (exact) mass is 256 g/mol. The van der Waals surface area contributed by atoms with Gasteiger partial charge in [0, 0.05) is 12.6 Å². The Kier molecular flexibility index (Phi) is 5.59. The summed E-state index contributed by atoms with van der Waals surface area (Å²) in [6.07, 6.45) is 3.78. The summed E-state index contributed by atoms with van der Waals surface area (Å²) in [6.45, 7) is 4.88. The molecule has 2 atom stereocenters. The fourth-order valence-electron chi connectivity index (χ4n) is 2.56. The molecule has 1 rings (SSSR count). The van der Waals surface area contributed by atoms with Crippen molar-refractivity contribution in [3.8, 4) is 0 Å². The molecule has 0 aromatic heterocycles. The molecule has 0 bridgehead atoms. The molecule has 18 heavy (non-hydrogen) atoms. The molecule has 1 fully saturated rings. The van der Waals surface area contributed by atoms with Gasteiger partial charge < -0.3 is 10.0 Å². The molecular formula is C13H24N2O3. The summed E-state index contributed by atoms with van der Waals surface area (Å²) in [5.74, 6) is -0.816. The number of nitrogens with zero attached hydrogens (tertiary/aromatic N) is 2. The van der Waals surface area contributed by atoms with Crippen LogP contribution in [-0.2, 0) is 9.59 Å². The number of carboxylic acid groups (broad SMARTS) is 1. The number of carbonyl (C=O) groups excluding carboxylic acids is 1. The van der Waals surface area contributed by atoms with E-state index in [9.17, 15) is 9.59 Å². The van der Waals surface area contributed by atoms with Crippen LogP contribution in [0.25, 0.3) is 0 Å². The van der Waals surface area contributed by atoms with E-state index < -0.39 is 12.0 Å². The summed E-state index contributed by atoms with van der Waals surface area (Å²) in [4.78, 5) is 26.7. The normalized spacial score (nSPS) is 22.0. The quantitative estimate of drug-likeness (QED) is 0.802. The lowest BCUT2D eigenvalue weighted by Gasteiger charge is -2.35. The van der Waals surface area contributed by atoms with Crippen molar-refractivity contribution in [3.05, 3.63) is 0 Å². The van der Waals surface area contributed by atoms with Crippen LogP contribution < -0.4 is 0 Å². The Morgan fingerprint density at radius 1 is 1.44 bits per heavy atom. The van der Waals surface area contributed by atoms with Gasteiger partial charge in [-0.2, -0.15) is 0 Å². The van der Waals surface area contributed by atoms with Crippen LogP contribution >= 0.6 is 0 Å². The first kappa shape index (κ1) is 15.0. The summed E-state index contributed by atoms with van der Waals surface area (Å²) in [7, 11) is 1.70. The zero-order chi connectivity index (χ0) is 13.7. The molecule has 0 radical (unpaired) electrons. The van der Waals surface area contributed by atoms with Crippen LogP contribution in [0.4, 0.5) is 0 Å². The van der Waals surface area contributed by atoms with Gasteiger partial charge in [-0.3, -0.25) is 14.5 Å². The second kappa shape index (κ2) is 6.73. The van der Waals surface area contributed by atoms with Crippen LogP contribution in [0.3, 0.4) is 0 Å². The maximum absolute atomic E-state index is 12.2. The molecule has 2 unspecified atom stereocenters. The van der Waals surface area contributed by atoms with Crippen molar-refractivity contribution in [1.29, 1.82) is 0 Å². The van der Waals surface area contributed by atoms with E-state index in [2.05, 4.69) is 6.92 Å². The first-order valence-corrected chi connectivity index (χ1v) is 6.69. The van der Waals surface area contributed by atoms with Gasteiger partial charge in [0.1, 0.15) is 6.04 Å². The zero-order valence-corrected chi connectivity index (χ0v) is 11.6. The fourth-order valence-corrected chi connectivity index (χ4v) is 2.56. The van der Waals surface area contributed by atoms with E-state index in [1.165, 1.54) is 6.42 Å². The molecule has 1 saturated heterocycles. The molecule has 1 heterocycles. The van der Waals surface area contributed by atoms with Gasteiger partial charge in [-0.05, 0) is 39.7 Å². The number of carboxylic acids is 1. The molecule has 0 spiro atoms. The summed E-state index contributed by atoms with van der Waals surface area (Å²) >= 11 is 0. The fraction of sp³-hybridized carbons (Fsp3) is 0.846. The van der Waals surface area contributed by atoms with Crippen LogP contribution in [0.2, 0.25) is 0 Å². The van der Waals surface area contributed by atoms with E-state index in [4.69, 9.17) is 5.11 Å². The van der Waals surface area contributed by atoms with Crippen molar-refractivity contribution >= 4 is 11.9 Å². The van der Waals surface area contributed by atoms with Crippen LogP contribution in [0.1, 0.15) is 39.5 Å². The number of likely N-dealkylation sites (N-methyl/N-ethyl adjacent to an activating group) is 1. The van der Waals surface area contributed by atoms with E-state index in [1.54, 1.807) is 11.9 Å². The number of piperidine rings is 1. The van der Waals surface area contributed by atoms with E-state index >= 15 is 0 Å². The van der Waals surface area contributed by atoms with Gasteiger partial charge >= 0.3 is 5.97 Å². The third kappa shape index (κ3) is 3.70. The molecule has 1 amide bonds. The molecule has 104 valence electrons. The first-order valence-electron chi connectivity index (χ1n) is 6.69. The Morgan fingerprint density at radius 3 is 2.61 bits per heavy atom. The highest BCUT2D eigenvalue weighted by atomic mass is 16.4. The second-order valence-electron chi connectivity index (χ2n) is 5.11. The van der Waals surface area contributed by atoms with E-state index in [1.807, 2.05) is 11.8 Å². The predicted octanol–water partition coefficient (Wildman–Crippen LogP) is 1.18. The molecule has 1 aliphatic heterocycles. The van der Waals surface area contributed by atoms with Crippen molar-refractivity contribution in [2.75, 3.05) is 20.1 Å². The molecule has 0 aromatic rings. The number of amides is 1. The first-order chi connectivity index (χ1) is 8.47. The van der Waals surface area contributed by atoms with Gasteiger partial charge in [-0.1, -0.05) is 6.92 Å². The molecular weight excluding hydrogens is 232 g/mol. The Bertz CT molecular complexity index is 307. The average Bonchev–Trinajstić information content (AvgIpc) is 2.29. The molecule has 0 aromatic carbocycles. The van der Waals surface area contributed by atoms with Crippen molar-refractivity contribution in [2.24, 2.45) is 0 Å². The van der Waals surface area contributed by atoms with Crippen molar-refractivity contribution in [3.63, 3.8) is 0 Å². The van der Waals surface area contributed by atoms with Crippen LogP contribution in [-0.4, -0.2) is 59.0 Å². The largest absolute Gasteiger partial charge is 0.480 e. The Balaban J connectivity index is 2.55. The Morgan fingerprint density at radius 2 is 2.11 bits per heavy atom. The Labute approximate surface area is 109 Å². The third-order valence-electron chi connectivity index (χ3n) is 3.71. The maximum atomic E-state index is 12.2. The lowest BCUT2D eigenvalue weighted by Crippen LogP contribution is -2.49. The van der Waals surface area contributed by atoms with E-state index in [0.717, 1.165) is 19.4 Å². The van der Waals surface area contributed by atoms with Gasteiger partial charge in [0.2, 0.25) is 5.91 Å². The molecule has 5 heteroatoms. The van der Waals surface area contributed by atoms with Gasteiger partial charge in [0.25, 0.3) is 0 Å². The third-order valence-corrected chi connectivity index (χ3v) is 3.71. The number of hydrogen-bond acceptors (Lipinski definition) is 3. The molecule has 0 aliphatic carbocycles. The van der Waals surface area contributed by atoms with Crippen LogP contribution in [0, 0.1) is 0 Å². The molecule has 1 N–H and O–H groups in total. The summed E-state index contributed by atoms with van der Waals surface area (Å²) in [5.41, 5.74) is 0. The molecule has 5 nitrogen and oxygen atoms in total. The number of rotatable bonds is 5. The smallest absolute Gasteiger partial charge is 0.320 e. The van der Waals surface area contributed by atoms with Gasteiger partial charge in [-0.25, -0.2) is 0 Å². The van der Waals surface area contributed by atoms with E-state index in [0.29, 0.717) is 6.42 Å². The van der Waals surface area contributed by atoms with Gasteiger partial charge in [0.05, 0.1) is 6.54 Å². The lowest BCUT2D eigenvalue weighted by atomic mass is 10.0. The second-order valence-corrected chi connectivity index (χ2v) is 5.11. The number of hydrogen-bond donors (Lipinski definition) is 1. The summed E-state index contributed by atoms with van der Waals surface area (Å²) in [6, 6.07) is -0.293. The number of likely N-dealkylation sites (tertiary alicyclic amines) is 1.